The van der Waals surface area contributed by atoms with Crippen molar-refractivity contribution >= 4 is 21.9 Å². The summed E-state index contributed by atoms with van der Waals surface area (Å²) in [6.07, 6.45) is 4.37. The Hall–Kier alpha value is -0.720. The Labute approximate surface area is 103 Å². The van der Waals surface area contributed by atoms with Crippen molar-refractivity contribution in [2.75, 3.05) is 25.2 Å². The zero-order valence-corrected chi connectivity index (χ0v) is 10.6. The molecule has 1 aliphatic heterocycles. The number of hydrogen-bond donors (Lipinski definition) is 1. The van der Waals surface area contributed by atoms with Crippen LogP contribution in [0.15, 0.2) is 16.9 Å². The molecule has 0 spiro atoms. The third-order valence-electron chi connectivity index (χ3n) is 2.78. The lowest BCUT2D eigenvalue weighted by molar-refractivity contribution is 0.115. The molecule has 1 fully saturated rings. The molecule has 2 atom stereocenters. The molecular weight excluding hydrogens is 274 g/mol. The average Bonchev–Trinajstić information content (AvgIpc) is 2.73. The number of aliphatic hydroxyl groups excluding tert-OH is 1. The van der Waals surface area contributed by atoms with E-state index in [9.17, 15) is 5.11 Å². The largest absolute Gasteiger partial charge is 0.394 e. The van der Waals surface area contributed by atoms with E-state index in [1.54, 1.807) is 19.5 Å². The second kappa shape index (κ2) is 5.07. The molecule has 1 N–H and O–H groups in total. The van der Waals surface area contributed by atoms with Crippen molar-refractivity contribution in [1.29, 1.82) is 0 Å². The second-order valence-corrected chi connectivity index (χ2v) is 4.70. The first-order valence-electron chi connectivity index (χ1n) is 5.12. The van der Waals surface area contributed by atoms with Crippen LogP contribution >= 0.6 is 15.9 Å². The summed E-state index contributed by atoms with van der Waals surface area (Å²) in [5.74, 6) is 0.641. The van der Waals surface area contributed by atoms with E-state index < -0.39 is 0 Å². The van der Waals surface area contributed by atoms with Crippen LogP contribution in [0.4, 0.5) is 5.95 Å². The highest BCUT2D eigenvalue weighted by Crippen LogP contribution is 2.24. The monoisotopic (exact) mass is 287 g/mol. The molecule has 1 aliphatic rings. The van der Waals surface area contributed by atoms with Crippen molar-refractivity contribution < 1.29 is 9.84 Å². The molecule has 1 aromatic heterocycles. The van der Waals surface area contributed by atoms with Crippen molar-refractivity contribution in [3.8, 4) is 0 Å². The van der Waals surface area contributed by atoms with E-state index in [1.165, 1.54) is 0 Å². The fourth-order valence-electron chi connectivity index (χ4n) is 1.92. The van der Waals surface area contributed by atoms with Crippen molar-refractivity contribution in [2.45, 2.75) is 18.6 Å². The number of methoxy groups -OCH3 is 1. The normalized spacial score (nSPS) is 25.1. The molecule has 1 aromatic rings. The van der Waals surface area contributed by atoms with Gasteiger partial charge in [0.05, 0.1) is 23.2 Å². The van der Waals surface area contributed by atoms with Gasteiger partial charge in [0.25, 0.3) is 0 Å². The summed E-state index contributed by atoms with van der Waals surface area (Å²) >= 11 is 3.29. The van der Waals surface area contributed by atoms with Crippen LogP contribution in [-0.4, -0.2) is 47.5 Å². The highest BCUT2D eigenvalue weighted by atomic mass is 79.9. The molecule has 0 radical (unpaired) electrons. The van der Waals surface area contributed by atoms with Crippen LogP contribution in [0, 0.1) is 0 Å². The molecule has 1 saturated heterocycles. The summed E-state index contributed by atoms with van der Waals surface area (Å²) in [6, 6.07) is 0.0473. The average molecular weight is 288 g/mol. The van der Waals surface area contributed by atoms with Gasteiger partial charge in [-0.1, -0.05) is 0 Å². The lowest BCUT2D eigenvalue weighted by Gasteiger charge is -2.22. The highest BCUT2D eigenvalue weighted by Gasteiger charge is 2.33. The van der Waals surface area contributed by atoms with Crippen LogP contribution in [0.3, 0.4) is 0 Å². The molecule has 88 valence electrons. The number of hydrogen-bond acceptors (Lipinski definition) is 5. The van der Waals surface area contributed by atoms with Gasteiger partial charge in [-0.25, -0.2) is 9.97 Å². The lowest BCUT2D eigenvalue weighted by Crippen LogP contribution is -2.33. The SMILES string of the molecule is CO[C@H]1C[C@@H](CO)N(c2ncc(Br)cn2)C1. The van der Waals surface area contributed by atoms with E-state index in [1.807, 2.05) is 4.90 Å². The first-order chi connectivity index (χ1) is 7.74. The maximum Gasteiger partial charge on any atom is 0.225 e. The van der Waals surface area contributed by atoms with Gasteiger partial charge in [-0.2, -0.15) is 0 Å². The molecule has 6 heteroatoms. The van der Waals surface area contributed by atoms with Gasteiger partial charge < -0.3 is 14.7 Å². The summed E-state index contributed by atoms with van der Waals surface area (Å²) in [7, 11) is 1.69. The Bertz CT molecular complexity index is 346. The van der Waals surface area contributed by atoms with Crippen LogP contribution < -0.4 is 4.90 Å². The summed E-state index contributed by atoms with van der Waals surface area (Å²) in [5.41, 5.74) is 0. The van der Waals surface area contributed by atoms with Crippen LogP contribution in [-0.2, 0) is 4.74 Å². The third-order valence-corrected chi connectivity index (χ3v) is 3.19. The van der Waals surface area contributed by atoms with Crippen LogP contribution in [0.5, 0.6) is 0 Å². The summed E-state index contributed by atoms with van der Waals surface area (Å²) in [6.45, 7) is 0.822. The summed E-state index contributed by atoms with van der Waals surface area (Å²) in [5, 5.41) is 9.30. The molecular formula is C10H14BrN3O2. The van der Waals surface area contributed by atoms with Crippen LogP contribution in [0.25, 0.3) is 0 Å². The number of nitrogens with zero attached hydrogens (tertiary/aromatic N) is 3. The Kier molecular flexibility index (Phi) is 3.73. The molecule has 0 unspecified atom stereocenters. The van der Waals surface area contributed by atoms with Gasteiger partial charge in [-0.3, -0.25) is 0 Å². The summed E-state index contributed by atoms with van der Waals surface area (Å²) in [4.78, 5) is 10.4. The fraction of sp³-hybridized carbons (Fsp3) is 0.600. The smallest absolute Gasteiger partial charge is 0.225 e. The van der Waals surface area contributed by atoms with E-state index in [4.69, 9.17) is 4.74 Å². The van der Waals surface area contributed by atoms with Gasteiger partial charge >= 0.3 is 0 Å². The maximum absolute atomic E-state index is 9.30. The van der Waals surface area contributed by atoms with Gasteiger partial charge in [-0.05, 0) is 22.4 Å². The minimum Gasteiger partial charge on any atom is -0.394 e. The van der Waals surface area contributed by atoms with E-state index in [0.29, 0.717) is 5.95 Å². The van der Waals surface area contributed by atoms with E-state index >= 15 is 0 Å². The van der Waals surface area contributed by atoms with E-state index in [2.05, 4.69) is 25.9 Å². The van der Waals surface area contributed by atoms with Crippen molar-refractivity contribution in [3.63, 3.8) is 0 Å². The highest BCUT2D eigenvalue weighted by molar-refractivity contribution is 9.10. The second-order valence-electron chi connectivity index (χ2n) is 3.78. The molecule has 5 nitrogen and oxygen atoms in total. The van der Waals surface area contributed by atoms with Crippen molar-refractivity contribution in [2.24, 2.45) is 0 Å². The minimum absolute atomic E-state index is 0.0473. The predicted octanol–water partition coefficient (Wildman–Crippen LogP) is 0.825. The number of aromatic nitrogens is 2. The van der Waals surface area contributed by atoms with Crippen molar-refractivity contribution in [3.05, 3.63) is 16.9 Å². The molecule has 0 aliphatic carbocycles. The van der Waals surface area contributed by atoms with E-state index in [0.717, 1.165) is 17.4 Å². The molecule has 2 heterocycles. The van der Waals surface area contributed by atoms with Gasteiger partial charge in [0.2, 0.25) is 5.95 Å². The third kappa shape index (κ3) is 2.34. The number of anilines is 1. The zero-order chi connectivity index (χ0) is 11.5. The number of halogens is 1. The van der Waals surface area contributed by atoms with Gasteiger partial charge in [0.15, 0.2) is 0 Å². The van der Waals surface area contributed by atoms with Crippen LogP contribution in [0.1, 0.15) is 6.42 Å². The Balaban J connectivity index is 2.16. The molecule has 16 heavy (non-hydrogen) atoms. The maximum atomic E-state index is 9.30. The number of rotatable bonds is 3. The quantitative estimate of drug-likeness (QED) is 0.892. The fourth-order valence-corrected chi connectivity index (χ4v) is 2.12. The van der Waals surface area contributed by atoms with Crippen molar-refractivity contribution in [1.82, 2.24) is 9.97 Å². The van der Waals surface area contributed by atoms with E-state index in [-0.39, 0.29) is 18.8 Å². The van der Waals surface area contributed by atoms with Crippen LogP contribution in [0.2, 0.25) is 0 Å². The molecule has 0 saturated carbocycles. The first kappa shape index (κ1) is 11.8. The standard InChI is InChI=1S/C10H14BrN3O2/c1-16-9-2-8(6-15)14(5-9)10-12-3-7(11)4-13-10/h3-4,8-9,15H,2,5-6H2,1H3/t8-,9-/m0/s1. The van der Waals surface area contributed by atoms with Gasteiger partial charge in [0, 0.05) is 26.0 Å². The molecule has 2 rings (SSSR count). The number of aliphatic hydroxyl groups is 1. The zero-order valence-electron chi connectivity index (χ0n) is 9.01. The Morgan fingerprint density at radius 2 is 2.25 bits per heavy atom. The first-order valence-corrected chi connectivity index (χ1v) is 5.91. The lowest BCUT2D eigenvalue weighted by atomic mass is 10.2. The topological polar surface area (TPSA) is 58.5 Å². The molecule has 0 amide bonds. The van der Waals surface area contributed by atoms with Gasteiger partial charge in [-0.15, -0.1) is 0 Å². The Morgan fingerprint density at radius 1 is 1.56 bits per heavy atom. The molecule has 0 aromatic carbocycles. The van der Waals surface area contributed by atoms with Gasteiger partial charge in [0.1, 0.15) is 0 Å². The predicted molar refractivity (Wildman–Crippen MR) is 63.4 cm³/mol. The Morgan fingerprint density at radius 3 is 2.81 bits per heavy atom. The number of ether oxygens (including phenoxy) is 1. The molecule has 0 bridgehead atoms. The summed E-state index contributed by atoms with van der Waals surface area (Å²) < 4.78 is 6.15. The minimum atomic E-state index is 0.0473.